The van der Waals surface area contributed by atoms with Crippen molar-refractivity contribution in [2.24, 2.45) is 0 Å². The van der Waals surface area contributed by atoms with Crippen molar-refractivity contribution < 1.29 is 9.53 Å². The average Bonchev–Trinajstić information content (AvgIpc) is 3.00. The maximum Gasteiger partial charge on any atom is 0.234 e. The average molecular weight is 350 g/mol. The van der Waals surface area contributed by atoms with Crippen LogP contribution in [-0.4, -0.2) is 48.2 Å². The van der Waals surface area contributed by atoms with Gasteiger partial charge in [-0.05, 0) is 31.2 Å². The topological polar surface area (TPSA) is 67.4 Å². The van der Waals surface area contributed by atoms with Gasteiger partial charge < -0.3 is 15.0 Å². The van der Waals surface area contributed by atoms with Crippen LogP contribution >= 0.6 is 23.1 Å². The van der Waals surface area contributed by atoms with Gasteiger partial charge in [-0.25, -0.2) is 0 Å². The zero-order valence-corrected chi connectivity index (χ0v) is 14.5. The monoisotopic (exact) mass is 350 g/mol. The molecule has 1 aromatic heterocycles. The van der Waals surface area contributed by atoms with Gasteiger partial charge in [-0.3, -0.25) is 4.79 Å². The van der Waals surface area contributed by atoms with Crippen LogP contribution in [0.4, 0.5) is 11.4 Å². The normalized spacial score (nSPS) is 14.7. The van der Waals surface area contributed by atoms with Gasteiger partial charge in [0.05, 0.1) is 19.0 Å². The van der Waals surface area contributed by atoms with E-state index >= 15 is 0 Å². The van der Waals surface area contributed by atoms with Gasteiger partial charge in [0, 0.05) is 24.5 Å². The number of hydrogen-bond donors (Lipinski definition) is 1. The molecular formula is C15H18N4O2S2. The summed E-state index contributed by atoms with van der Waals surface area (Å²) in [5, 5.41) is 11.7. The number of benzene rings is 1. The van der Waals surface area contributed by atoms with E-state index in [4.69, 9.17) is 4.74 Å². The molecule has 1 saturated heterocycles. The third kappa shape index (κ3) is 4.66. The van der Waals surface area contributed by atoms with Crippen molar-refractivity contribution in [2.45, 2.75) is 11.3 Å². The molecule has 0 radical (unpaired) electrons. The molecule has 0 spiro atoms. The Morgan fingerprint density at radius 1 is 1.30 bits per heavy atom. The number of thioether (sulfide) groups is 1. The molecule has 0 bridgehead atoms. The van der Waals surface area contributed by atoms with E-state index < -0.39 is 0 Å². The Kier molecular flexibility index (Phi) is 5.47. The van der Waals surface area contributed by atoms with Gasteiger partial charge in [-0.2, -0.15) is 0 Å². The second-order valence-electron chi connectivity index (χ2n) is 5.07. The van der Waals surface area contributed by atoms with Gasteiger partial charge in [-0.1, -0.05) is 23.1 Å². The molecule has 0 aliphatic carbocycles. The Morgan fingerprint density at radius 2 is 2.04 bits per heavy atom. The minimum atomic E-state index is -0.0398. The minimum absolute atomic E-state index is 0.0398. The molecule has 1 fully saturated rings. The molecule has 0 atom stereocenters. The van der Waals surface area contributed by atoms with Crippen molar-refractivity contribution in [1.29, 1.82) is 0 Å². The first kappa shape index (κ1) is 16.2. The highest BCUT2D eigenvalue weighted by molar-refractivity contribution is 8.01. The molecule has 1 N–H and O–H groups in total. The van der Waals surface area contributed by atoms with E-state index in [9.17, 15) is 4.79 Å². The summed E-state index contributed by atoms with van der Waals surface area (Å²) in [5.74, 6) is 0.293. The van der Waals surface area contributed by atoms with Crippen LogP contribution in [0.1, 0.15) is 5.01 Å². The summed E-state index contributed by atoms with van der Waals surface area (Å²) >= 11 is 2.90. The summed E-state index contributed by atoms with van der Waals surface area (Å²) in [5.41, 5.74) is 1.96. The molecule has 1 aromatic carbocycles. The Bertz CT molecular complexity index is 654. The molecule has 8 heteroatoms. The number of aryl methyl sites for hydroxylation is 1. The summed E-state index contributed by atoms with van der Waals surface area (Å²) in [6, 6.07) is 7.93. The van der Waals surface area contributed by atoms with E-state index in [1.165, 1.54) is 23.1 Å². The van der Waals surface area contributed by atoms with Gasteiger partial charge in [0.2, 0.25) is 5.91 Å². The Morgan fingerprint density at radius 3 is 2.70 bits per heavy atom. The number of amides is 1. The number of anilines is 2. The number of ether oxygens (including phenoxy) is 1. The number of nitrogens with one attached hydrogen (secondary N) is 1. The van der Waals surface area contributed by atoms with Crippen LogP contribution in [-0.2, 0) is 9.53 Å². The third-order valence-corrected chi connectivity index (χ3v) is 5.33. The SMILES string of the molecule is Cc1nnc(SCC(=O)Nc2ccc(N3CCOCC3)cc2)s1. The van der Waals surface area contributed by atoms with Crippen molar-refractivity contribution in [3.63, 3.8) is 0 Å². The van der Waals surface area contributed by atoms with E-state index in [1.54, 1.807) is 0 Å². The predicted octanol–water partition coefficient (Wildman–Crippen LogP) is 2.41. The van der Waals surface area contributed by atoms with Crippen molar-refractivity contribution >= 4 is 40.4 Å². The molecule has 1 aliphatic rings. The van der Waals surface area contributed by atoms with E-state index in [-0.39, 0.29) is 5.91 Å². The highest BCUT2D eigenvalue weighted by atomic mass is 32.2. The fourth-order valence-electron chi connectivity index (χ4n) is 2.24. The van der Waals surface area contributed by atoms with E-state index in [1.807, 2.05) is 31.2 Å². The molecule has 23 heavy (non-hydrogen) atoms. The lowest BCUT2D eigenvalue weighted by molar-refractivity contribution is -0.113. The van der Waals surface area contributed by atoms with Gasteiger partial charge in [0.1, 0.15) is 5.01 Å². The molecule has 1 aliphatic heterocycles. The van der Waals surface area contributed by atoms with E-state index in [2.05, 4.69) is 20.4 Å². The van der Waals surface area contributed by atoms with Crippen molar-refractivity contribution in [3.8, 4) is 0 Å². The number of morpholine rings is 1. The second-order valence-corrected chi connectivity index (χ2v) is 7.47. The van der Waals surface area contributed by atoms with E-state index in [0.29, 0.717) is 5.75 Å². The largest absolute Gasteiger partial charge is 0.378 e. The van der Waals surface area contributed by atoms with Crippen molar-refractivity contribution in [2.75, 3.05) is 42.3 Å². The van der Waals surface area contributed by atoms with Crippen LogP contribution < -0.4 is 10.2 Å². The standard InChI is InChI=1S/C15H18N4O2S2/c1-11-17-18-15(23-11)22-10-14(20)16-12-2-4-13(5-3-12)19-6-8-21-9-7-19/h2-5H,6-10H2,1H3,(H,16,20). The first-order chi connectivity index (χ1) is 11.2. The molecule has 0 unspecified atom stereocenters. The van der Waals surface area contributed by atoms with Crippen LogP contribution in [0.15, 0.2) is 28.6 Å². The minimum Gasteiger partial charge on any atom is -0.378 e. The van der Waals surface area contributed by atoms with Crippen molar-refractivity contribution in [1.82, 2.24) is 10.2 Å². The molecule has 0 saturated carbocycles. The Balaban J connectivity index is 1.50. The molecule has 3 rings (SSSR count). The molecular weight excluding hydrogens is 332 g/mol. The summed E-state index contributed by atoms with van der Waals surface area (Å²) in [6.45, 7) is 5.24. The number of rotatable bonds is 5. The zero-order chi connectivity index (χ0) is 16.1. The fraction of sp³-hybridized carbons (Fsp3) is 0.400. The van der Waals surface area contributed by atoms with Crippen molar-refractivity contribution in [3.05, 3.63) is 29.3 Å². The summed E-state index contributed by atoms with van der Waals surface area (Å²) in [6.07, 6.45) is 0. The second kappa shape index (κ2) is 7.76. The lowest BCUT2D eigenvalue weighted by Gasteiger charge is -2.28. The zero-order valence-electron chi connectivity index (χ0n) is 12.8. The molecule has 2 heterocycles. The van der Waals surface area contributed by atoms with Crippen LogP contribution in [0.2, 0.25) is 0 Å². The third-order valence-electron chi connectivity index (χ3n) is 3.36. The number of carbonyl (C=O) groups excluding carboxylic acids is 1. The highest BCUT2D eigenvalue weighted by Gasteiger charge is 2.11. The van der Waals surface area contributed by atoms with Crippen LogP contribution in [0, 0.1) is 6.92 Å². The molecule has 2 aromatic rings. The lowest BCUT2D eigenvalue weighted by atomic mass is 10.2. The van der Waals surface area contributed by atoms with Crippen LogP contribution in [0.3, 0.4) is 0 Å². The predicted molar refractivity (Wildman–Crippen MR) is 93.5 cm³/mol. The Labute approximate surface area is 143 Å². The summed E-state index contributed by atoms with van der Waals surface area (Å²) < 4.78 is 6.17. The highest BCUT2D eigenvalue weighted by Crippen LogP contribution is 2.22. The maximum absolute atomic E-state index is 12.0. The van der Waals surface area contributed by atoms with Gasteiger partial charge in [0.15, 0.2) is 4.34 Å². The first-order valence-corrected chi connectivity index (χ1v) is 9.16. The van der Waals surface area contributed by atoms with Crippen LogP contribution in [0.25, 0.3) is 0 Å². The Hall–Kier alpha value is -1.64. The van der Waals surface area contributed by atoms with Gasteiger partial charge in [0.25, 0.3) is 0 Å². The van der Waals surface area contributed by atoms with E-state index in [0.717, 1.165) is 47.0 Å². The van der Waals surface area contributed by atoms with Gasteiger partial charge >= 0.3 is 0 Å². The fourth-order valence-corrected chi connectivity index (χ4v) is 3.85. The molecule has 1 amide bonds. The summed E-state index contributed by atoms with van der Waals surface area (Å²) in [7, 11) is 0. The molecule has 6 nitrogen and oxygen atoms in total. The summed E-state index contributed by atoms with van der Waals surface area (Å²) in [4.78, 5) is 14.3. The number of nitrogens with zero attached hydrogens (tertiary/aromatic N) is 3. The van der Waals surface area contributed by atoms with Gasteiger partial charge in [-0.15, -0.1) is 10.2 Å². The number of carbonyl (C=O) groups is 1. The number of hydrogen-bond acceptors (Lipinski definition) is 7. The van der Waals surface area contributed by atoms with Crippen LogP contribution in [0.5, 0.6) is 0 Å². The maximum atomic E-state index is 12.0. The number of aromatic nitrogens is 2. The quantitative estimate of drug-likeness (QED) is 0.836. The smallest absolute Gasteiger partial charge is 0.234 e. The lowest BCUT2D eigenvalue weighted by Crippen LogP contribution is -2.36. The first-order valence-electron chi connectivity index (χ1n) is 7.36. The molecule has 122 valence electrons.